The van der Waals surface area contributed by atoms with E-state index in [4.69, 9.17) is 5.11 Å². The Hall–Kier alpha value is -3.39. The van der Waals surface area contributed by atoms with Crippen molar-refractivity contribution in [3.8, 4) is 0 Å². The molecule has 0 aliphatic heterocycles. The zero-order valence-corrected chi connectivity index (χ0v) is 27.8. The maximum atomic E-state index is 8.91. The molecule has 228 valence electrons. The maximum absolute atomic E-state index is 8.91. The van der Waals surface area contributed by atoms with Gasteiger partial charge in [0.25, 0.3) is 0 Å². The van der Waals surface area contributed by atoms with Crippen molar-refractivity contribution in [2.75, 3.05) is 61.6 Å². The van der Waals surface area contributed by atoms with Crippen molar-refractivity contribution >= 4 is 50.7 Å². The summed E-state index contributed by atoms with van der Waals surface area (Å²) in [5, 5.41) is 12.0. The molecule has 0 amide bonds. The van der Waals surface area contributed by atoms with Gasteiger partial charge in [0.05, 0.1) is 6.61 Å². The second-order valence-electron chi connectivity index (χ2n) is 10.3. The van der Waals surface area contributed by atoms with Gasteiger partial charge in [0.1, 0.15) is 0 Å². The number of hydrogen-bond donors (Lipinski definition) is 2. The van der Waals surface area contributed by atoms with E-state index in [1.807, 2.05) is 65.3 Å². The summed E-state index contributed by atoms with van der Waals surface area (Å²) in [6, 6.07) is 21.6. The van der Waals surface area contributed by atoms with Crippen molar-refractivity contribution < 1.29 is 5.11 Å². The third-order valence-electron chi connectivity index (χ3n) is 7.08. The van der Waals surface area contributed by atoms with E-state index in [0.29, 0.717) is 6.54 Å². The predicted octanol–water partition coefficient (Wildman–Crippen LogP) is 8.04. The molecular formula is C36H46N4OS2. The van der Waals surface area contributed by atoms with Crippen LogP contribution in [0.4, 0.5) is 11.4 Å². The van der Waals surface area contributed by atoms with Crippen molar-refractivity contribution in [2.45, 2.75) is 20.8 Å². The molecule has 43 heavy (non-hydrogen) atoms. The van der Waals surface area contributed by atoms with Crippen LogP contribution in [0.3, 0.4) is 0 Å². The van der Waals surface area contributed by atoms with Gasteiger partial charge in [0.2, 0.25) is 0 Å². The van der Waals surface area contributed by atoms with Crippen LogP contribution in [0.2, 0.25) is 0 Å². The molecule has 0 aliphatic carbocycles. The Balaban J connectivity index is 1.36. The van der Waals surface area contributed by atoms with Crippen molar-refractivity contribution in [1.29, 1.82) is 0 Å². The zero-order valence-electron chi connectivity index (χ0n) is 26.2. The van der Waals surface area contributed by atoms with Crippen molar-refractivity contribution in [3.05, 3.63) is 119 Å². The Labute approximate surface area is 266 Å². The van der Waals surface area contributed by atoms with Gasteiger partial charge in [-0.15, -0.1) is 0 Å². The van der Waals surface area contributed by atoms with Gasteiger partial charge in [-0.25, -0.2) is 0 Å². The molecule has 0 saturated heterocycles. The van der Waals surface area contributed by atoms with E-state index in [9.17, 15) is 0 Å². The highest BCUT2D eigenvalue weighted by atomic mass is 33.1. The quantitative estimate of drug-likeness (QED) is 0.0907. The van der Waals surface area contributed by atoms with Crippen LogP contribution in [-0.4, -0.2) is 61.9 Å². The molecule has 2 aromatic carbocycles. The van der Waals surface area contributed by atoms with Gasteiger partial charge in [-0.3, -0.25) is 4.98 Å². The van der Waals surface area contributed by atoms with Crippen LogP contribution in [0.1, 0.15) is 37.5 Å². The molecule has 0 spiro atoms. The van der Waals surface area contributed by atoms with Crippen LogP contribution in [0.25, 0.3) is 17.7 Å². The molecule has 5 nitrogen and oxygen atoms in total. The molecule has 3 rings (SSSR count). The molecule has 7 heteroatoms. The molecule has 0 fully saturated rings. The van der Waals surface area contributed by atoms with E-state index in [2.05, 4.69) is 115 Å². The lowest BCUT2D eigenvalue weighted by atomic mass is 10.0. The number of benzene rings is 2. The van der Waals surface area contributed by atoms with Gasteiger partial charge in [-0.1, -0.05) is 64.1 Å². The number of aromatic nitrogens is 1. The summed E-state index contributed by atoms with van der Waals surface area (Å²) in [4.78, 5) is 8.75. The van der Waals surface area contributed by atoms with Crippen LogP contribution < -0.4 is 15.1 Å². The van der Waals surface area contributed by atoms with Crippen LogP contribution in [0.15, 0.2) is 103 Å². The number of anilines is 2. The third kappa shape index (κ3) is 12.0. The van der Waals surface area contributed by atoms with E-state index in [1.165, 1.54) is 39.2 Å². The summed E-state index contributed by atoms with van der Waals surface area (Å²) in [5.41, 5.74) is 9.66. The van der Waals surface area contributed by atoms with Gasteiger partial charge in [-0.05, 0) is 103 Å². The Morgan fingerprint density at radius 1 is 0.814 bits per heavy atom. The Kier molecular flexibility index (Phi) is 15.1. The summed E-state index contributed by atoms with van der Waals surface area (Å²) in [6.07, 6.45) is 14.1. The second kappa shape index (κ2) is 19.0. The van der Waals surface area contributed by atoms with E-state index >= 15 is 0 Å². The topological polar surface area (TPSA) is 51.6 Å². The standard InChI is InChI=1S/C36H46N4OS2/c1-6-33(15-18-38-21-24-41)29(2)27-31-7-11-35(12-8-31)39(4)22-25-42-43-26-23-40(5)36-13-9-32(10-14-36)28-30(3)34-16-19-37-20-17-34/h6-20,27-28,38,41H,21-26H2,1-5H3/b18-15-,29-27+,30-28+,33-6+. The van der Waals surface area contributed by atoms with E-state index in [0.717, 1.165) is 30.2 Å². The normalized spacial score (nSPS) is 12.6. The minimum Gasteiger partial charge on any atom is -0.395 e. The number of nitrogens with one attached hydrogen (secondary N) is 1. The molecule has 0 aliphatic rings. The smallest absolute Gasteiger partial charge is 0.0603 e. The lowest BCUT2D eigenvalue weighted by molar-refractivity contribution is 0.298. The summed E-state index contributed by atoms with van der Waals surface area (Å²) < 4.78 is 0. The maximum Gasteiger partial charge on any atom is 0.0603 e. The molecule has 2 N–H and O–H groups in total. The number of rotatable bonds is 17. The first-order chi connectivity index (χ1) is 20.9. The Morgan fingerprint density at radius 3 is 1.86 bits per heavy atom. The summed E-state index contributed by atoms with van der Waals surface area (Å²) in [6.45, 7) is 9.00. The van der Waals surface area contributed by atoms with Gasteiger partial charge >= 0.3 is 0 Å². The van der Waals surface area contributed by atoms with Crippen molar-refractivity contribution in [3.63, 3.8) is 0 Å². The lowest BCUT2D eigenvalue weighted by Gasteiger charge is -2.20. The van der Waals surface area contributed by atoms with Crippen LogP contribution in [-0.2, 0) is 0 Å². The molecule has 3 aromatic rings. The van der Waals surface area contributed by atoms with Crippen LogP contribution in [0.5, 0.6) is 0 Å². The number of aliphatic hydroxyl groups is 1. The fourth-order valence-electron chi connectivity index (χ4n) is 4.41. The van der Waals surface area contributed by atoms with Gasteiger partial charge in [-0.2, -0.15) is 0 Å². The number of aliphatic hydroxyl groups excluding tert-OH is 1. The average molecular weight is 615 g/mol. The van der Waals surface area contributed by atoms with Crippen molar-refractivity contribution in [2.24, 2.45) is 0 Å². The Morgan fingerprint density at radius 2 is 1.35 bits per heavy atom. The predicted molar refractivity (Wildman–Crippen MR) is 194 cm³/mol. The Bertz CT molecular complexity index is 1350. The molecule has 0 bridgehead atoms. The van der Waals surface area contributed by atoms with E-state index in [1.54, 1.807) is 0 Å². The summed E-state index contributed by atoms with van der Waals surface area (Å²) in [5.74, 6) is 2.15. The third-order valence-corrected chi connectivity index (χ3v) is 9.44. The van der Waals surface area contributed by atoms with E-state index < -0.39 is 0 Å². The minimum atomic E-state index is 0.128. The molecule has 1 aromatic heterocycles. The fraction of sp³-hybridized carbons (Fsp3) is 0.306. The molecule has 0 unspecified atom stereocenters. The molecule has 1 heterocycles. The number of hydrogen-bond acceptors (Lipinski definition) is 7. The van der Waals surface area contributed by atoms with Crippen LogP contribution >= 0.6 is 21.6 Å². The first-order valence-electron chi connectivity index (χ1n) is 14.7. The van der Waals surface area contributed by atoms with Gasteiger partial charge < -0.3 is 20.2 Å². The monoisotopic (exact) mass is 614 g/mol. The number of pyridine rings is 1. The first-order valence-corrected chi connectivity index (χ1v) is 17.2. The lowest BCUT2D eigenvalue weighted by Crippen LogP contribution is -2.21. The summed E-state index contributed by atoms with van der Waals surface area (Å²) >= 11 is 0. The SMILES string of the molecule is C/C=C(\C=C/NCCO)C(/C)=C/c1ccc(N(C)CCSSCCN(C)c2ccc(/C=C(\C)c3ccncc3)cc2)cc1. The van der Waals surface area contributed by atoms with Crippen molar-refractivity contribution in [1.82, 2.24) is 10.3 Å². The number of nitrogens with zero attached hydrogens (tertiary/aromatic N) is 3. The minimum absolute atomic E-state index is 0.128. The van der Waals surface area contributed by atoms with Gasteiger partial charge in [0.15, 0.2) is 0 Å². The van der Waals surface area contributed by atoms with Crippen LogP contribution in [0, 0.1) is 0 Å². The highest BCUT2D eigenvalue weighted by Gasteiger charge is 2.04. The second-order valence-corrected chi connectivity index (χ2v) is 13.0. The average Bonchev–Trinajstić information content (AvgIpc) is 3.03. The highest BCUT2D eigenvalue weighted by molar-refractivity contribution is 8.76. The highest BCUT2D eigenvalue weighted by Crippen LogP contribution is 2.25. The van der Waals surface area contributed by atoms with E-state index in [-0.39, 0.29) is 6.61 Å². The van der Waals surface area contributed by atoms with Gasteiger partial charge in [0, 0.05) is 69.0 Å². The first kappa shape index (κ1) is 34.1. The fourth-order valence-corrected chi connectivity index (χ4v) is 6.49. The molecule has 0 saturated carbocycles. The molecule has 0 radical (unpaired) electrons. The molecular weight excluding hydrogens is 569 g/mol. The molecule has 0 atom stereocenters. The largest absolute Gasteiger partial charge is 0.395 e. The zero-order chi connectivity index (χ0) is 30.9. The summed E-state index contributed by atoms with van der Waals surface area (Å²) in [7, 11) is 8.21. The number of allylic oxidation sites excluding steroid dienone is 5.